The number of nitrogens with one attached hydrogen (secondary N) is 1. The lowest BCUT2D eigenvalue weighted by molar-refractivity contribution is -0.150. The predicted molar refractivity (Wildman–Crippen MR) is 278 cm³/mol. The van der Waals surface area contributed by atoms with Gasteiger partial charge in [-0.25, -0.2) is 0 Å². The summed E-state index contributed by atoms with van der Waals surface area (Å²) in [6.07, 6.45) is 66.6. The summed E-state index contributed by atoms with van der Waals surface area (Å²) in [7, 11) is 0. The van der Waals surface area contributed by atoms with E-state index in [-0.39, 0.29) is 24.9 Å². The standard InChI is InChI=1S/C58H101NO5/c1-4-7-10-13-16-19-22-24-26-27-28-29-31-33-36-39-42-45-48-51-58(63)64-54(49-46-43-40-37-35-32-30-25-23-20-17-14-11-8-5-2)52-57(62)59-55(53-60)56(61)50-47-44-41-38-34-21-18-15-12-9-6-3/h16-17,19-20,24-26,28-30,35,37,43,46,54-56,60-61H,4-15,18,21-23,27,31-34,36,38-42,44-45,47-53H2,1-3H3,(H,59,62)/b19-16-,20-17-,26-24-,29-28-,30-25-,37-35-,46-43-. The first-order valence-electron chi connectivity index (χ1n) is 26.8. The number of carbonyl (C=O) groups excluding carboxylic acids is 2. The fraction of sp³-hybridized carbons (Fsp3) is 0.724. The lowest BCUT2D eigenvalue weighted by Gasteiger charge is -2.24. The molecule has 0 rings (SSSR count). The first kappa shape index (κ1) is 61.0. The van der Waals surface area contributed by atoms with Crippen LogP contribution in [-0.4, -0.2) is 46.9 Å². The number of ether oxygens (including phenoxy) is 1. The van der Waals surface area contributed by atoms with E-state index in [2.05, 4.69) is 105 Å². The van der Waals surface area contributed by atoms with Crippen molar-refractivity contribution in [3.63, 3.8) is 0 Å². The van der Waals surface area contributed by atoms with Crippen molar-refractivity contribution < 1.29 is 24.5 Å². The van der Waals surface area contributed by atoms with Gasteiger partial charge in [-0.3, -0.25) is 9.59 Å². The highest BCUT2D eigenvalue weighted by Gasteiger charge is 2.23. The van der Waals surface area contributed by atoms with E-state index in [1.54, 1.807) is 0 Å². The summed E-state index contributed by atoms with van der Waals surface area (Å²) in [5, 5.41) is 23.7. The zero-order chi connectivity index (χ0) is 46.7. The molecule has 0 aliphatic rings. The van der Waals surface area contributed by atoms with Crippen LogP contribution < -0.4 is 5.32 Å². The van der Waals surface area contributed by atoms with Gasteiger partial charge < -0.3 is 20.3 Å². The molecule has 0 saturated heterocycles. The maximum absolute atomic E-state index is 13.2. The van der Waals surface area contributed by atoms with E-state index in [1.807, 2.05) is 6.08 Å². The number of hydrogen-bond acceptors (Lipinski definition) is 5. The van der Waals surface area contributed by atoms with Crippen molar-refractivity contribution in [2.45, 2.75) is 264 Å². The molecule has 0 saturated carbocycles. The number of hydrogen-bond donors (Lipinski definition) is 3. The molecule has 0 bridgehead atoms. The third kappa shape index (κ3) is 45.6. The van der Waals surface area contributed by atoms with Crippen LogP contribution in [0.3, 0.4) is 0 Å². The van der Waals surface area contributed by atoms with Crippen molar-refractivity contribution in [2.24, 2.45) is 0 Å². The number of aliphatic hydroxyl groups excluding tert-OH is 2. The normalized spacial score (nSPS) is 13.9. The molecular weight excluding hydrogens is 791 g/mol. The van der Waals surface area contributed by atoms with E-state index < -0.39 is 18.2 Å². The molecule has 6 nitrogen and oxygen atoms in total. The summed E-state index contributed by atoms with van der Waals surface area (Å²) in [6.45, 7) is 6.39. The third-order valence-electron chi connectivity index (χ3n) is 11.7. The molecule has 3 atom stereocenters. The van der Waals surface area contributed by atoms with Crippen molar-refractivity contribution >= 4 is 11.9 Å². The number of aliphatic hydroxyl groups is 2. The second-order valence-electron chi connectivity index (χ2n) is 17.9. The molecule has 1 amide bonds. The zero-order valence-electron chi connectivity index (χ0n) is 41.9. The van der Waals surface area contributed by atoms with E-state index in [1.165, 1.54) is 122 Å². The number of rotatable bonds is 47. The largest absolute Gasteiger partial charge is 0.461 e. The Labute approximate surface area is 395 Å². The molecule has 0 aromatic carbocycles. The van der Waals surface area contributed by atoms with Crippen molar-refractivity contribution in [3.05, 3.63) is 85.1 Å². The van der Waals surface area contributed by atoms with Crippen LogP contribution in [0.25, 0.3) is 0 Å². The number of carbonyl (C=O) groups is 2. The summed E-state index contributed by atoms with van der Waals surface area (Å²) >= 11 is 0. The molecule has 6 heteroatoms. The van der Waals surface area contributed by atoms with Crippen LogP contribution in [0.4, 0.5) is 0 Å². The van der Waals surface area contributed by atoms with Gasteiger partial charge in [0.05, 0.1) is 25.2 Å². The van der Waals surface area contributed by atoms with Crippen LogP contribution in [0, 0.1) is 0 Å². The van der Waals surface area contributed by atoms with Gasteiger partial charge in [0.1, 0.15) is 6.10 Å². The minimum atomic E-state index is -0.816. The Hall–Kier alpha value is -2.96. The Morgan fingerprint density at radius 3 is 1.28 bits per heavy atom. The molecule has 3 N–H and O–H groups in total. The van der Waals surface area contributed by atoms with E-state index in [0.29, 0.717) is 19.3 Å². The Bertz CT molecular complexity index is 1230. The quantitative estimate of drug-likeness (QED) is 0.0321. The number of allylic oxidation sites excluding steroid dienone is 13. The molecule has 0 aromatic heterocycles. The van der Waals surface area contributed by atoms with Crippen LogP contribution in [0.15, 0.2) is 85.1 Å². The number of amides is 1. The minimum Gasteiger partial charge on any atom is -0.461 e. The first-order chi connectivity index (χ1) is 31.5. The van der Waals surface area contributed by atoms with Gasteiger partial charge in [0, 0.05) is 12.8 Å². The monoisotopic (exact) mass is 892 g/mol. The maximum Gasteiger partial charge on any atom is 0.306 e. The number of unbranched alkanes of at least 4 members (excludes halogenated alkanes) is 22. The zero-order valence-corrected chi connectivity index (χ0v) is 41.9. The van der Waals surface area contributed by atoms with E-state index >= 15 is 0 Å². The second kappa shape index (κ2) is 51.0. The summed E-state index contributed by atoms with van der Waals surface area (Å²) in [6, 6.07) is -0.737. The van der Waals surface area contributed by atoms with Gasteiger partial charge in [-0.2, -0.15) is 0 Å². The Morgan fingerprint density at radius 2 is 0.828 bits per heavy atom. The van der Waals surface area contributed by atoms with Crippen molar-refractivity contribution in [3.8, 4) is 0 Å². The topological polar surface area (TPSA) is 95.9 Å². The van der Waals surface area contributed by atoms with Crippen LogP contribution in [0.5, 0.6) is 0 Å². The van der Waals surface area contributed by atoms with Crippen LogP contribution in [0.1, 0.15) is 245 Å². The van der Waals surface area contributed by atoms with Crippen molar-refractivity contribution in [1.29, 1.82) is 0 Å². The lowest BCUT2D eigenvalue weighted by Crippen LogP contribution is -2.46. The molecule has 0 aliphatic heterocycles. The van der Waals surface area contributed by atoms with Gasteiger partial charge in [-0.15, -0.1) is 0 Å². The fourth-order valence-corrected chi connectivity index (χ4v) is 7.59. The summed E-state index contributed by atoms with van der Waals surface area (Å²) in [4.78, 5) is 26.1. The van der Waals surface area contributed by atoms with E-state index in [9.17, 15) is 19.8 Å². The Balaban J connectivity index is 4.72. The summed E-state index contributed by atoms with van der Waals surface area (Å²) < 4.78 is 5.87. The van der Waals surface area contributed by atoms with E-state index in [0.717, 1.165) is 77.0 Å². The van der Waals surface area contributed by atoms with Crippen molar-refractivity contribution in [1.82, 2.24) is 5.32 Å². The molecule has 0 aliphatic carbocycles. The van der Waals surface area contributed by atoms with Crippen molar-refractivity contribution in [2.75, 3.05) is 6.61 Å². The molecule has 0 fully saturated rings. The van der Waals surface area contributed by atoms with Crippen LogP contribution in [0.2, 0.25) is 0 Å². The molecule has 0 aromatic rings. The molecule has 3 unspecified atom stereocenters. The Morgan fingerprint density at radius 1 is 0.469 bits per heavy atom. The average Bonchev–Trinajstić information content (AvgIpc) is 3.29. The van der Waals surface area contributed by atoms with Crippen LogP contribution >= 0.6 is 0 Å². The fourth-order valence-electron chi connectivity index (χ4n) is 7.59. The SMILES string of the molecule is CCCCC/C=C\C/C=C\C/C=C\C/C=C\CC(CC(=O)NC(CO)C(O)CCCCCCCCCCCCC)OC(=O)CCCCCCCC/C=C\C/C=C\C/C=C\CCCCC. The van der Waals surface area contributed by atoms with Gasteiger partial charge in [0.2, 0.25) is 5.91 Å². The smallest absolute Gasteiger partial charge is 0.306 e. The highest BCUT2D eigenvalue weighted by atomic mass is 16.5. The van der Waals surface area contributed by atoms with Gasteiger partial charge >= 0.3 is 5.97 Å². The molecule has 64 heavy (non-hydrogen) atoms. The predicted octanol–water partition coefficient (Wildman–Crippen LogP) is 16.3. The Kier molecular flexibility index (Phi) is 48.7. The molecule has 0 radical (unpaired) electrons. The second-order valence-corrected chi connectivity index (χ2v) is 17.9. The third-order valence-corrected chi connectivity index (χ3v) is 11.7. The van der Waals surface area contributed by atoms with Crippen LogP contribution in [-0.2, 0) is 14.3 Å². The maximum atomic E-state index is 13.2. The van der Waals surface area contributed by atoms with Gasteiger partial charge in [0.15, 0.2) is 0 Å². The highest BCUT2D eigenvalue weighted by Crippen LogP contribution is 2.16. The first-order valence-corrected chi connectivity index (χ1v) is 26.8. The average molecular weight is 892 g/mol. The van der Waals surface area contributed by atoms with Gasteiger partial charge in [-0.05, 0) is 83.5 Å². The van der Waals surface area contributed by atoms with Gasteiger partial charge in [-0.1, -0.05) is 228 Å². The molecule has 0 heterocycles. The highest BCUT2D eigenvalue weighted by molar-refractivity contribution is 5.77. The minimum absolute atomic E-state index is 0.00724. The summed E-state index contributed by atoms with van der Waals surface area (Å²) in [5.41, 5.74) is 0. The van der Waals surface area contributed by atoms with E-state index in [4.69, 9.17) is 4.74 Å². The number of esters is 1. The molecular formula is C58H101NO5. The molecule has 368 valence electrons. The summed E-state index contributed by atoms with van der Waals surface area (Å²) in [5.74, 6) is -0.593. The molecule has 0 spiro atoms. The van der Waals surface area contributed by atoms with Gasteiger partial charge in [0.25, 0.3) is 0 Å². The lowest BCUT2D eigenvalue weighted by atomic mass is 10.0.